The summed E-state index contributed by atoms with van der Waals surface area (Å²) in [5.41, 5.74) is 0. The Morgan fingerprint density at radius 2 is 1.27 bits per heavy atom. The monoisotopic (exact) mass is 250 g/mol. The van der Waals surface area contributed by atoms with Crippen LogP contribution in [0.25, 0.3) is 0 Å². The van der Waals surface area contributed by atoms with E-state index in [9.17, 15) is 18.5 Å². The molecule has 0 heterocycles. The Hall–Kier alpha value is -1.23. The molecule has 0 aromatic rings. The van der Waals surface area contributed by atoms with Crippen LogP contribution in [0.1, 0.15) is 12.8 Å². The molecule has 0 aromatic carbocycles. The fraction of sp³-hybridized carbons (Fsp3) is 0.667. The van der Waals surface area contributed by atoms with Crippen molar-refractivity contribution in [2.45, 2.75) is 24.9 Å². The minimum Gasteiger partial charge on any atom is -0.525 e. The first-order valence-corrected chi connectivity index (χ1v) is 7.13. The van der Waals surface area contributed by atoms with E-state index in [1.54, 1.807) is 0 Å². The summed E-state index contributed by atoms with van der Waals surface area (Å²) in [6.45, 7) is 0. The lowest BCUT2D eigenvalue weighted by Crippen LogP contribution is -2.17. The highest BCUT2D eigenvalue weighted by Crippen LogP contribution is 1.97. The number of rotatable bonds is 8. The Kier molecular flexibility index (Phi) is 6.53. The van der Waals surface area contributed by atoms with Crippen molar-refractivity contribution in [2.24, 2.45) is 0 Å². The van der Waals surface area contributed by atoms with Gasteiger partial charge in [0, 0.05) is 12.1 Å². The van der Waals surface area contributed by atoms with Crippen molar-refractivity contribution < 1.29 is 32.8 Å². The van der Waals surface area contributed by atoms with Crippen LogP contribution in [0, 0.1) is 0 Å². The molecular weight excluding hydrogens is 240 g/mol. The minimum absolute atomic E-state index is 0.177. The topological polar surface area (TPSA) is 118 Å². The van der Waals surface area contributed by atoms with Crippen molar-refractivity contribution in [3.05, 3.63) is 0 Å². The molecule has 0 radical (unpaired) electrons. The van der Waals surface area contributed by atoms with Gasteiger partial charge in [0.15, 0.2) is 0 Å². The van der Waals surface area contributed by atoms with Crippen LogP contribution in [-0.2, 0) is 22.6 Å². The van der Waals surface area contributed by atoms with Gasteiger partial charge in [0.25, 0.3) is 0 Å². The molecule has 0 rings (SSSR count). The van der Waals surface area contributed by atoms with Gasteiger partial charge in [-0.25, -0.2) is 0 Å². The average molecular weight is 250 g/mol. The lowest BCUT2D eigenvalue weighted by molar-refractivity contribution is -0.137. The highest BCUT2D eigenvalue weighted by atomic mass is 28.4. The summed E-state index contributed by atoms with van der Waals surface area (Å²) in [7, 11) is -5.24. The molecule has 0 bridgehead atoms. The zero-order chi connectivity index (χ0) is 11.8. The summed E-state index contributed by atoms with van der Waals surface area (Å²) in [5.74, 6) is -2.22. The Morgan fingerprint density at radius 1 is 0.933 bits per heavy atom. The molecule has 2 N–H and O–H groups in total. The maximum atomic E-state index is 11.0. The Balaban J connectivity index is 3.71. The highest BCUT2D eigenvalue weighted by Gasteiger charge is 2.17. The third kappa shape index (κ3) is 9.09. The van der Waals surface area contributed by atoms with Gasteiger partial charge >= 0.3 is 29.8 Å². The van der Waals surface area contributed by atoms with E-state index in [4.69, 9.17) is 10.2 Å². The largest absolute Gasteiger partial charge is 0.525 e. The van der Waals surface area contributed by atoms with E-state index in [2.05, 4.69) is 4.12 Å². The van der Waals surface area contributed by atoms with E-state index < -0.39 is 29.8 Å². The Bertz CT molecular complexity index is 259. The van der Waals surface area contributed by atoms with Gasteiger partial charge in [0.1, 0.15) is 0 Å². The molecule has 15 heavy (non-hydrogen) atoms. The van der Waals surface area contributed by atoms with Gasteiger partial charge in [-0.15, -0.1) is 0 Å². The second kappa shape index (κ2) is 7.12. The quantitative estimate of drug-likeness (QED) is 0.572. The fourth-order valence-corrected chi connectivity index (χ4v) is 3.32. The van der Waals surface area contributed by atoms with E-state index in [1.807, 2.05) is 0 Å². The molecule has 0 spiro atoms. The van der Waals surface area contributed by atoms with Gasteiger partial charge in [0.2, 0.25) is 0 Å². The van der Waals surface area contributed by atoms with E-state index in [0.717, 1.165) is 0 Å². The molecule has 9 heteroatoms. The number of hydrogen-bond acceptors (Lipinski definition) is 5. The zero-order valence-corrected chi connectivity index (χ0v) is 9.76. The van der Waals surface area contributed by atoms with Crippen LogP contribution < -0.4 is 0 Å². The van der Waals surface area contributed by atoms with Crippen molar-refractivity contribution in [2.75, 3.05) is 0 Å². The summed E-state index contributed by atoms with van der Waals surface area (Å²) >= 11 is 0. The van der Waals surface area contributed by atoms with E-state index in [1.165, 1.54) is 0 Å². The predicted octanol–water partition coefficient (Wildman–Crippen LogP) is -0.210. The molecule has 0 aliphatic rings. The van der Waals surface area contributed by atoms with Gasteiger partial charge in [-0.05, 0) is 0 Å². The van der Waals surface area contributed by atoms with Crippen LogP contribution in [0.4, 0.5) is 0 Å². The third-order valence-corrected chi connectivity index (χ3v) is 4.45. The molecule has 0 aliphatic heterocycles. The molecule has 0 fully saturated rings. The van der Waals surface area contributed by atoms with Gasteiger partial charge in [-0.1, -0.05) is 0 Å². The average Bonchev–Trinajstić information content (AvgIpc) is 2.11. The first-order valence-electron chi connectivity index (χ1n) is 4.09. The van der Waals surface area contributed by atoms with Crippen molar-refractivity contribution in [1.29, 1.82) is 0 Å². The van der Waals surface area contributed by atoms with Crippen molar-refractivity contribution in [3.8, 4) is 0 Å². The van der Waals surface area contributed by atoms with Crippen molar-refractivity contribution in [3.63, 3.8) is 0 Å². The summed E-state index contributed by atoms with van der Waals surface area (Å²) in [4.78, 5) is 20.2. The normalized spacial score (nSPS) is 9.33. The molecule has 7 nitrogen and oxygen atoms in total. The molecule has 0 unspecified atom stereocenters. The summed E-state index contributed by atoms with van der Waals surface area (Å²) < 4.78 is 26.5. The van der Waals surface area contributed by atoms with Crippen molar-refractivity contribution in [1.82, 2.24) is 0 Å². The standard InChI is InChI=1S/C6H10O7Si2/c7-5(8)1-3-14(11)13-15(12)4-2-6(9)10/h1-4H2,(H,7,8)(H,9,10). The van der Waals surface area contributed by atoms with E-state index >= 15 is 0 Å². The SMILES string of the molecule is O=C(O)CC[Si](=O)O[Si](=O)CCC(=O)O. The summed E-state index contributed by atoms with van der Waals surface area (Å²) in [6.07, 6.45) is -0.627. The van der Waals surface area contributed by atoms with Gasteiger partial charge in [0.05, 0.1) is 12.8 Å². The molecule has 0 atom stereocenters. The minimum atomic E-state index is -2.62. The maximum Gasteiger partial charge on any atom is 0.495 e. The molecule has 0 saturated carbocycles. The van der Waals surface area contributed by atoms with Crippen LogP contribution in [-0.4, -0.2) is 40.0 Å². The van der Waals surface area contributed by atoms with Crippen molar-refractivity contribution >= 4 is 29.8 Å². The molecule has 0 aromatic heterocycles. The third-order valence-electron chi connectivity index (χ3n) is 1.31. The fourth-order valence-electron chi connectivity index (χ4n) is 0.647. The van der Waals surface area contributed by atoms with Crippen LogP contribution in [0.15, 0.2) is 0 Å². The molecule has 0 saturated heterocycles. The highest BCUT2D eigenvalue weighted by molar-refractivity contribution is 6.50. The number of carboxylic acids is 2. The Morgan fingerprint density at radius 3 is 1.53 bits per heavy atom. The van der Waals surface area contributed by atoms with E-state index in [0.29, 0.717) is 0 Å². The zero-order valence-electron chi connectivity index (χ0n) is 7.76. The second-order valence-electron chi connectivity index (χ2n) is 2.63. The second-order valence-corrected chi connectivity index (χ2v) is 5.94. The van der Waals surface area contributed by atoms with Crippen LogP contribution >= 0.6 is 0 Å². The Labute approximate surface area is 88.2 Å². The summed E-state index contributed by atoms with van der Waals surface area (Å²) in [5, 5.41) is 16.5. The first kappa shape index (κ1) is 13.8. The number of carboxylic acid groups (broad SMARTS) is 2. The van der Waals surface area contributed by atoms with Gasteiger partial charge < -0.3 is 23.3 Å². The molecular formula is C6H10O7Si2. The maximum absolute atomic E-state index is 11.0. The lowest BCUT2D eigenvalue weighted by atomic mass is 10.5. The number of carbonyl (C=O) groups is 2. The smallest absolute Gasteiger partial charge is 0.495 e. The van der Waals surface area contributed by atoms with E-state index in [-0.39, 0.29) is 24.9 Å². The number of aliphatic carboxylic acids is 2. The van der Waals surface area contributed by atoms with Crippen LogP contribution in [0.2, 0.25) is 12.1 Å². The predicted molar refractivity (Wildman–Crippen MR) is 48.1 cm³/mol. The van der Waals surface area contributed by atoms with Gasteiger partial charge in [-0.3, -0.25) is 9.59 Å². The summed E-state index contributed by atoms with van der Waals surface area (Å²) in [6, 6.07) is -0.354. The van der Waals surface area contributed by atoms with Crippen LogP contribution in [0.3, 0.4) is 0 Å². The molecule has 0 aliphatic carbocycles. The van der Waals surface area contributed by atoms with Gasteiger partial charge in [-0.2, -0.15) is 0 Å². The lowest BCUT2D eigenvalue weighted by Gasteiger charge is -1.98. The first-order chi connectivity index (χ1) is 6.91. The number of hydrogen-bond donors (Lipinski definition) is 2. The molecule has 0 amide bonds. The molecule has 84 valence electrons. The van der Waals surface area contributed by atoms with Crippen LogP contribution in [0.5, 0.6) is 0 Å².